The van der Waals surface area contributed by atoms with Crippen LogP contribution >= 0.6 is 23.2 Å². The lowest BCUT2D eigenvalue weighted by Gasteiger charge is -2.08. The summed E-state index contributed by atoms with van der Waals surface area (Å²) in [5, 5.41) is 2.00. The van der Waals surface area contributed by atoms with E-state index in [1.165, 1.54) is 11.9 Å². The van der Waals surface area contributed by atoms with Crippen molar-refractivity contribution in [2.45, 2.75) is 12.8 Å². The number of nitrogens with zero attached hydrogens (tertiary/aromatic N) is 1. The van der Waals surface area contributed by atoms with E-state index in [1.807, 2.05) is 12.3 Å². The zero-order valence-corrected chi connectivity index (χ0v) is 12.3. The number of aromatic nitrogens is 1. The summed E-state index contributed by atoms with van der Waals surface area (Å²) in [5.41, 5.74) is 1.75. The average Bonchev–Trinajstić information content (AvgIpc) is 2.88. The number of likely N-dealkylation sites (tertiary alicyclic amines) is 1. The highest BCUT2D eigenvalue weighted by Crippen LogP contribution is 2.32. The minimum absolute atomic E-state index is 0.127. The fourth-order valence-corrected chi connectivity index (χ4v) is 3.18. The number of aromatic amines is 1. The van der Waals surface area contributed by atoms with Crippen molar-refractivity contribution in [3.8, 4) is 0 Å². The molecule has 0 bridgehead atoms. The Morgan fingerprint density at radius 1 is 1.35 bits per heavy atom. The van der Waals surface area contributed by atoms with Crippen LogP contribution in [0.3, 0.4) is 0 Å². The number of halogens is 2. The first-order valence-electron chi connectivity index (χ1n) is 6.22. The molecule has 1 aromatic carbocycles. The summed E-state index contributed by atoms with van der Waals surface area (Å²) in [7, 11) is 1.52. The van der Waals surface area contributed by atoms with E-state index in [0.29, 0.717) is 16.5 Å². The molecule has 104 valence electrons. The van der Waals surface area contributed by atoms with Crippen molar-refractivity contribution >= 4 is 45.9 Å². The van der Waals surface area contributed by atoms with Gasteiger partial charge in [0.15, 0.2) is 0 Å². The lowest BCUT2D eigenvalue weighted by Crippen LogP contribution is -2.26. The molecule has 0 saturated carbocycles. The number of rotatable bonds is 2. The molecule has 6 heteroatoms. The summed E-state index contributed by atoms with van der Waals surface area (Å²) >= 11 is 12.1. The van der Waals surface area contributed by atoms with Crippen LogP contribution in [0.25, 0.3) is 10.9 Å². The van der Waals surface area contributed by atoms with Gasteiger partial charge in [-0.15, -0.1) is 0 Å². The van der Waals surface area contributed by atoms with Crippen LogP contribution < -0.4 is 0 Å². The van der Waals surface area contributed by atoms with E-state index in [9.17, 15) is 9.59 Å². The quantitative estimate of drug-likeness (QED) is 0.867. The van der Waals surface area contributed by atoms with E-state index >= 15 is 0 Å². The Morgan fingerprint density at radius 2 is 2.10 bits per heavy atom. The topological polar surface area (TPSA) is 53.2 Å². The molecule has 4 nitrogen and oxygen atoms in total. The number of carbonyl (C=O) groups excluding carboxylic acids is 2. The second-order valence-corrected chi connectivity index (χ2v) is 5.86. The average molecular weight is 311 g/mol. The molecule has 1 aromatic heterocycles. The smallest absolute Gasteiger partial charge is 0.232 e. The van der Waals surface area contributed by atoms with Gasteiger partial charge >= 0.3 is 0 Å². The Kier molecular flexibility index (Phi) is 3.22. The van der Waals surface area contributed by atoms with E-state index in [2.05, 4.69) is 4.98 Å². The van der Waals surface area contributed by atoms with E-state index in [0.717, 1.165) is 16.5 Å². The van der Waals surface area contributed by atoms with Gasteiger partial charge in [0, 0.05) is 30.1 Å². The van der Waals surface area contributed by atoms with Crippen LogP contribution in [0.2, 0.25) is 10.0 Å². The van der Waals surface area contributed by atoms with Crippen LogP contribution in [0, 0.1) is 5.92 Å². The third-order valence-electron chi connectivity index (χ3n) is 3.73. The lowest BCUT2D eigenvalue weighted by atomic mass is 9.97. The van der Waals surface area contributed by atoms with Crippen molar-refractivity contribution in [3.05, 3.63) is 33.9 Å². The van der Waals surface area contributed by atoms with Crippen molar-refractivity contribution < 1.29 is 9.59 Å². The van der Waals surface area contributed by atoms with Gasteiger partial charge in [-0.1, -0.05) is 23.2 Å². The summed E-state index contributed by atoms with van der Waals surface area (Å²) in [6, 6.07) is 3.49. The van der Waals surface area contributed by atoms with Gasteiger partial charge in [-0.3, -0.25) is 14.5 Å². The largest absolute Gasteiger partial charge is 0.360 e. The number of hydrogen-bond acceptors (Lipinski definition) is 2. The maximum absolute atomic E-state index is 12.0. The molecule has 1 aliphatic rings. The third kappa shape index (κ3) is 2.09. The predicted molar refractivity (Wildman–Crippen MR) is 77.9 cm³/mol. The normalized spacial score (nSPS) is 19.4. The maximum atomic E-state index is 12.0. The molecule has 1 fully saturated rings. The minimum atomic E-state index is -0.302. The number of imide groups is 1. The van der Waals surface area contributed by atoms with Crippen molar-refractivity contribution in [2.75, 3.05) is 7.05 Å². The molecule has 0 aliphatic carbocycles. The first kappa shape index (κ1) is 13.5. The van der Waals surface area contributed by atoms with Gasteiger partial charge in [-0.25, -0.2) is 0 Å². The standard InChI is InChI=1S/C14H12Cl2N2O2/c1-18-12(19)3-7(14(18)20)2-8-6-17-13-10(8)4-9(15)5-11(13)16/h4-7,17H,2-3H2,1H3/t7-/m0/s1. The zero-order chi connectivity index (χ0) is 14.4. The molecular formula is C14H12Cl2N2O2. The molecule has 0 spiro atoms. The van der Waals surface area contributed by atoms with E-state index in [-0.39, 0.29) is 24.2 Å². The van der Waals surface area contributed by atoms with Crippen molar-refractivity contribution in [1.29, 1.82) is 0 Å². The number of carbonyl (C=O) groups is 2. The zero-order valence-electron chi connectivity index (χ0n) is 10.7. The summed E-state index contributed by atoms with van der Waals surface area (Å²) in [6.45, 7) is 0. The molecule has 0 radical (unpaired) electrons. The lowest BCUT2D eigenvalue weighted by molar-refractivity contribution is -0.137. The first-order valence-corrected chi connectivity index (χ1v) is 6.98. The van der Waals surface area contributed by atoms with Crippen molar-refractivity contribution in [1.82, 2.24) is 9.88 Å². The molecule has 2 aromatic rings. The highest BCUT2D eigenvalue weighted by Gasteiger charge is 2.36. The van der Waals surface area contributed by atoms with Gasteiger partial charge in [0.05, 0.1) is 16.5 Å². The van der Waals surface area contributed by atoms with Gasteiger partial charge < -0.3 is 4.98 Å². The monoisotopic (exact) mass is 310 g/mol. The molecule has 0 unspecified atom stereocenters. The minimum Gasteiger partial charge on any atom is -0.360 e. The third-order valence-corrected chi connectivity index (χ3v) is 4.25. The molecule has 2 amide bonds. The van der Waals surface area contributed by atoms with Gasteiger partial charge in [0.2, 0.25) is 11.8 Å². The van der Waals surface area contributed by atoms with E-state index in [1.54, 1.807) is 6.07 Å². The fourth-order valence-electron chi connectivity index (χ4n) is 2.64. The van der Waals surface area contributed by atoms with Gasteiger partial charge in [-0.2, -0.15) is 0 Å². The van der Waals surface area contributed by atoms with E-state index in [4.69, 9.17) is 23.2 Å². The Hall–Kier alpha value is -1.52. The number of amides is 2. The van der Waals surface area contributed by atoms with Crippen LogP contribution in [0.5, 0.6) is 0 Å². The SMILES string of the molecule is CN1C(=O)C[C@H](Cc2c[nH]c3c(Cl)cc(Cl)cc23)C1=O. The number of hydrogen-bond donors (Lipinski definition) is 1. The van der Waals surface area contributed by atoms with Crippen molar-refractivity contribution in [3.63, 3.8) is 0 Å². The molecule has 3 rings (SSSR count). The van der Waals surface area contributed by atoms with Crippen molar-refractivity contribution in [2.24, 2.45) is 5.92 Å². The Morgan fingerprint density at radius 3 is 2.75 bits per heavy atom. The van der Waals surface area contributed by atoms with E-state index < -0.39 is 0 Å². The number of fused-ring (bicyclic) bond motifs is 1. The van der Waals surface area contributed by atoms with Crippen LogP contribution in [0.4, 0.5) is 0 Å². The first-order chi connectivity index (χ1) is 9.47. The molecular weight excluding hydrogens is 299 g/mol. The maximum Gasteiger partial charge on any atom is 0.232 e. The fraction of sp³-hybridized carbons (Fsp3) is 0.286. The van der Waals surface area contributed by atoms with Crippen LogP contribution in [-0.4, -0.2) is 28.7 Å². The highest BCUT2D eigenvalue weighted by molar-refractivity contribution is 6.38. The summed E-state index contributed by atoms with van der Waals surface area (Å²) in [5.74, 6) is -0.558. The summed E-state index contributed by atoms with van der Waals surface area (Å²) < 4.78 is 0. The molecule has 1 saturated heterocycles. The summed E-state index contributed by atoms with van der Waals surface area (Å²) in [4.78, 5) is 27.8. The predicted octanol–water partition coefficient (Wildman–Crippen LogP) is 3.02. The van der Waals surface area contributed by atoms with Crippen LogP contribution in [0.1, 0.15) is 12.0 Å². The molecule has 1 aliphatic heterocycles. The molecule has 20 heavy (non-hydrogen) atoms. The second kappa shape index (κ2) is 4.79. The number of benzene rings is 1. The van der Waals surface area contributed by atoms with Gasteiger partial charge in [-0.05, 0) is 24.1 Å². The Labute approximate surface area is 125 Å². The van der Waals surface area contributed by atoms with Gasteiger partial charge in [0.25, 0.3) is 0 Å². The Balaban J connectivity index is 1.96. The highest BCUT2D eigenvalue weighted by atomic mass is 35.5. The molecule has 2 heterocycles. The molecule has 1 N–H and O–H groups in total. The van der Waals surface area contributed by atoms with Gasteiger partial charge in [0.1, 0.15) is 0 Å². The molecule has 1 atom stereocenters. The number of H-pyrrole nitrogens is 1. The van der Waals surface area contributed by atoms with Crippen LogP contribution in [0.15, 0.2) is 18.3 Å². The number of nitrogens with one attached hydrogen (secondary N) is 1. The second-order valence-electron chi connectivity index (χ2n) is 5.02. The summed E-state index contributed by atoms with van der Waals surface area (Å²) in [6.07, 6.45) is 2.59. The Bertz CT molecular complexity index is 723. The van der Waals surface area contributed by atoms with Crippen LogP contribution in [-0.2, 0) is 16.0 Å².